The summed E-state index contributed by atoms with van der Waals surface area (Å²) in [6, 6.07) is 0. The van der Waals surface area contributed by atoms with Crippen LogP contribution in [0.4, 0.5) is 0 Å². The molecule has 0 aromatic rings. The molecule has 2 fully saturated rings. The Morgan fingerprint density at radius 1 is 1.07 bits per heavy atom. The minimum Gasteiger partial charge on any atom is -0.468 e. The Hall–Kier alpha value is -1.54. The van der Waals surface area contributed by atoms with Gasteiger partial charge in [-0.1, -0.05) is 24.3 Å². The fraction of sp³-hybridized carbons (Fsp3) is 0.700. The predicted octanol–water partition coefficient (Wildman–Crippen LogP) is 2.26. The lowest BCUT2D eigenvalue weighted by atomic mass is 9.59. The molecule has 0 radical (unpaired) electrons. The Labute approximate surface area is 160 Å². The van der Waals surface area contributed by atoms with Gasteiger partial charge in [-0.25, -0.2) is 0 Å². The lowest BCUT2D eigenvalue weighted by molar-refractivity contribution is -0.220. The number of rotatable bonds is 9. The Balaban J connectivity index is 2.68. The van der Waals surface area contributed by atoms with Gasteiger partial charge in [-0.2, -0.15) is 0 Å². The Morgan fingerprint density at radius 3 is 2.15 bits per heavy atom. The molecule has 2 aliphatic rings. The van der Waals surface area contributed by atoms with Crippen LogP contribution in [0.5, 0.6) is 0 Å². The Morgan fingerprint density at radius 2 is 1.67 bits per heavy atom. The molecule has 0 aromatic heterocycles. The number of fused-ring (bicyclic) bond motifs is 2. The van der Waals surface area contributed by atoms with E-state index >= 15 is 0 Å². The number of hydrogen-bond acceptors (Lipinski definition) is 7. The second-order valence-corrected chi connectivity index (χ2v) is 7.43. The number of carbonyl (C=O) groups is 2. The minimum absolute atomic E-state index is 0.00190. The molecule has 0 heterocycles. The molecule has 5 atom stereocenters. The zero-order chi connectivity index (χ0) is 20.4. The van der Waals surface area contributed by atoms with Gasteiger partial charge in [0.2, 0.25) is 0 Å². The lowest BCUT2D eigenvalue weighted by Crippen LogP contribution is -2.62. The molecule has 0 N–H and O–H groups in total. The second-order valence-electron chi connectivity index (χ2n) is 7.43. The van der Waals surface area contributed by atoms with Crippen LogP contribution in [0.15, 0.2) is 24.3 Å². The van der Waals surface area contributed by atoms with E-state index in [-0.39, 0.29) is 25.8 Å². The topological polar surface area (TPSA) is 80.3 Å². The number of allylic oxidation sites excluding steroid dienone is 2. The van der Waals surface area contributed by atoms with Crippen molar-refractivity contribution in [1.82, 2.24) is 0 Å². The van der Waals surface area contributed by atoms with Gasteiger partial charge in [0.05, 0.1) is 13.2 Å². The number of ether oxygens (including phenoxy) is 5. The highest BCUT2D eigenvalue weighted by molar-refractivity contribution is 6.12. The summed E-state index contributed by atoms with van der Waals surface area (Å²) in [7, 11) is 4.27. The van der Waals surface area contributed by atoms with Gasteiger partial charge in [-0.15, -0.1) is 0 Å². The highest BCUT2D eigenvalue weighted by atomic mass is 16.7. The van der Waals surface area contributed by atoms with E-state index in [9.17, 15) is 9.59 Å². The van der Waals surface area contributed by atoms with Gasteiger partial charge in [0.1, 0.15) is 19.0 Å². The first-order chi connectivity index (χ1) is 12.7. The smallest absolute Gasteiger partial charge is 0.320 e. The van der Waals surface area contributed by atoms with E-state index in [4.69, 9.17) is 23.7 Å². The first-order valence-electron chi connectivity index (χ1n) is 8.91. The van der Waals surface area contributed by atoms with E-state index in [1.54, 1.807) is 0 Å². The molecule has 0 amide bonds. The highest BCUT2D eigenvalue weighted by Gasteiger charge is 2.76. The van der Waals surface area contributed by atoms with E-state index in [0.29, 0.717) is 12.0 Å². The minimum atomic E-state index is -1.42. The quantitative estimate of drug-likeness (QED) is 0.262. The first kappa shape index (κ1) is 21.8. The number of hydrogen-bond donors (Lipinski definition) is 0. The van der Waals surface area contributed by atoms with Gasteiger partial charge >= 0.3 is 5.97 Å². The number of methoxy groups -OCH3 is 3. The SMILES string of the molecule is C=C(C)[C@H]1CC2(OCOC)C(=O)[C@@]1(C(=O)OC)[C@H](C(=C)C)C[C@H]2OCOC. The molecular weight excluding hydrogens is 352 g/mol. The van der Waals surface area contributed by atoms with Crippen LogP contribution in [0.2, 0.25) is 0 Å². The maximum atomic E-state index is 13.9. The monoisotopic (exact) mass is 382 g/mol. The summed E-state index contributed by atoms with van der Waals surface area (Å²) >= 11 is 0. The van der Waals surface area contributed by atoms with Crippen LogP contribution in [0.3, 0.4) is 0 Å². The van der Waals surface area contributed by atoms with E-state index in [1.807, 2.05) is 13.8 Å². The fourth-order valence-electron chi connectivity index (χ4n) is 4.77. The summed E-state index contributed by atoms with van der Waals surface area (Å²) in [5.41, 5.74) is -1.32. The number of ketones is 1. The summed E-state index contributed by atoms with van der Waals surface area (Å²) in [5.74, 6) is -1.84. The van der Waals surface area contributed by atoms with E-state index in [1.165, 1.54) is 21.3 Å². The van der Waals surface area contributed by atoms with Crippen molar-refractivity contribution in [3.8, 4) is 0 Å². The van der Waals surface area contributed by atoms with Crippen molar-refractivity contribution < 1.29 is 33.3 Å². The van der Waals surface area contributed by atoms with Crippen molar-refractivity contribution in [2.75, 3.05) is 34.9 Å². The van der Waals surface area contributed by atoms with Gasteiger partial charge in [-0.3, -0.25) is 9.59 Å². The third-order valence-electron chi connectivity index (χ3n) is 5.87. The lowest BCUT2D eigenvalue weighted by Gasteiger charge is -2.46. The van der Waals surface area contributed by atoms with Crippen LogP contribution in [0.1, 0.15) is 26.7 Å². The van der Waals surface area contributed by atoms with Crippen molar-refractivity contribution in [2.45, 2.75) is 38.4 Å². The normalized spacial score (nSPS) is 35.1. The summed E-state index contributed by atoms with van der Waals surface area (Å²) in [5, 5.41) is 0. The summed E-state index contributed by atoms with van der Waals surface area (Å²) in [4.78, 5) is 26.9. The van der Waals surface area contributed by atoms with Crippen molar-refractivity contribution in [3.63, 3.8) is 0 Å². The van der Waals surface area contributed by atoms with Crippen molar-refractivity contribution in [1.29, 1.82) is 0 Å². The van der Waals surface area contributed by atoms with Gasteiger partial charge in [0, 0.05) is 26.1 Å². The summed E-state index contributed by atoms with van der Waals surface area (Å²) in [6.07, 6.45) is 0.0362. The van der Waals surface area contributed by atoms with Crippen LogP contribution in [-0.4, -0.2) is 58.4 Å². The molecule has 152 valence electrons. The van der Waals surface area contributed by atoms with Gasteiger partial charge in [0.15, 0.2) is 11.4 Å². The van der Waals surface area contributed by atoms with Crippen molar-refractivity contribution >= 4 is 11.8 Å². The highest BCUT2D eigenvalue weighted by Crippen LogP contribution is 2.62. The third kappa shape index (κ3) is 3.16. The first-order valence-corrected chi connectivity index (χ1v) is 8.91. The molecule has 7 heteroatoms. The maximum absolute atomic E-state index is 13.9. The standard InChI is InChI=1S/C20H30O7/c1-12(2)14-8-16(26-10-23-5)19(27-11-24-6)9-15(13(3)4)20(14,17(19)21)18(22)25-7/h14-16H,1,3,8-11H2,2,4-7H3/t14-,15+,16+,19?,20+/m0/s1. The molecule has 0 saturated heterocycles. The molecule has 0 aromatic carbocycles. The Kier molecular flexibility index (Phi) is 6.63. The average Bonchev–Trinajstić information content (AvgIpc) is 2.81. The van der Waals surface area contributed by atoms with Crippen LogP contribution in [0, 0.1) is 17.3 Å². The zero-order valence-electron chi connectivity index (χ0n) is 16.8. The average molecular weight is 382 g/mol. The van der Waals surface area contributed by atoms with Gasteiger partial charge in [0.25, 0.3) is 0 Å². The molecule has 27 heavy (non-hydrogen) atoms. The van der Waals surface area contributed by atoms with Gasteiger partial charge < -0.3 is 23.7 Å². The number of carbonyl (C=O) groups excluding carboxylic acids is 2. The van der Waals surface area contributed by atoms with Gasteiger partial charge in [-0.05, 0) is 26.7 Å². The predicted molar refractivity (Wildman–Crippen MR) is 97.7 cm³/mol. The Bertz CT molecular complexity index is 610. The molecule has 2 rings (SSSR count). The molecule has 0 spiro atoms. The van der Waals surface area contributed by atoms with E-state index in [0.717, 1.165) is 5.57 Å². The molecule has 7 nitrogen and oxygen atoms in total. The summed E-state index contributed by atoms with van der Waals surface area (Å²) < 4.78 is 27.0. The molecule has 0 aliphatic heterocycles. The van der Waals surface area contributed by atoms with Crippen LogP contribution in [0.25, 0.3) is 0 Å². The van der Waals surface area contributed by atoms with Crippen molar-refractivity contribution in [3.05, 3.63) is 24.3 Å². The fourth-order valence-corrected chi connectivity index (χ4v) is 4.77. The van der Waals surface area contributed by atoms with E-state index < -0.39 is 34.9 Å². The molecule has 1 unspecified atom stereocenters. The molecule has 2 aliphatic carbocycles. The van der Waals surface area contributed by atoms with Crippen molar-refractivity contribution in [2.24, 2.45) is 17.3 Å². The van der Waals surface area contributed by atoms with Crippen LogP contribution < -0.4 is 0 Å². The van der Waals surface area contributed by atoms with E-state index in [2.05, 4.69) is 13.2 Å². The largest absolute Gasteiger partial charge is 0.468 e. The second kappa shape index (κ2) is 8.22. The summed E-state index contributed by atoms with van der Waals surface area (Å²) in [6.45, 7) is 11.6. The molecule has 2 saturated carbocycles. The van der Waals surface area contributed by atoms with Crippen LogP contribution in [-0.2, 0) is 33.3 Å². The number of Topliss-reactive ketones (excluding diaryl/α,β-unsaturated/α-hetero) is 1. The maximum Gasteiger partial charge on any atom is 0.320 e. The zero-order valence-corrected chi connectivity index (χ0v) is 16.8. The number of esters is 1. The van der Waals surface area contributed by atoms with Crippen LogP contribution >= 0.6 is 0 Å². The third-order valence-corrected chi connectivity index (χ3v) is 5.87. The molecule has 2 bridgehead atoms. The molecular formula is C20H30O7.